The van der Waals surface area contributed by atoms with Gasteiger partial charge in [0.15, 0.2) is 0 Å². The Morgan fingerprint density at radius 2 is 2.06 bits per heavy atom. The van der Waals surface area contributed by atoms with Gasteiger partial charge in [0.25, 0.3) is 0 Å². The third kappa shape index (κ3) is 5.38. The highest BCUT2D eigenvalue weighted by Gasteiger charge is 2.38. The first-order valence-corrected chi connectivity index (χ1v) is 12.6. The van der Waals surface area contributed by atoms with Crippen molar-refractivity contribution in [3.05, 3.63) is 54.8 Å². The second kappa shape index (κ2) is 10.9. The number of anilines is 2. The number of ether oxygens (including phenoxy) is 1. The number of para-hydroxylation sites is 1. The second-order valence-electron chi connectivity index (χ2n) is 7.13. The molecule has 31 heavy (non-hydrogen) atoms. The lowest BCUT2D eigenvalue weighted by molar-refractivity contribution is -0.131. The first-order valence-electron chi connectivity index (χ1n) is 10.3. The van der Waals surface area contributed by atoms with Crippen molar-refractivity contribution in [3.63, 3.8) is 0 Å². The fourth-order valence-electron chi connectivity index (χ4n) is 3.63. The predicted octanol–water partition coefficient (Wildman–Crippen LogP) is 5.05. The molecule has 1 N–H and O–H groups in total. The quantitative estimate of drug-likeness (QED) is 0.256. The van der Waals surface area contributed by atoms with Crippen molar-refractivity contribution in [2.75, 3.05) is 24.2 Å². The van der Waals surface area contributed by atoms with Gasteiger partial charge in [-0.3, -0.25) is 0 Å². The standard InChI is InChI=1S/C23H28N2O4S2/c1-4-12-25-17(5-2)16-24(18-9-7-6-8-10-18)19-14-21(30-3)20(15-22(19)31(25)28)29-13-11-23(26)27/h6-11,13-15,17H,4-5,12,16H2,1-3H3,(H,26,27)/b13-11+. The summed E-state index contributed by atoms with van der Waals surface area (Å²) in [5.74, 6) is -0.587. The normalized spacial score (nSPS) is 19.3. The molecule has 1 aliphatic rings. The molecule has 0 fully saturated rings. The van der Waals surface area contributed by atoms with Gasteiger partial charge in [0.05, 0.1) is 34.6 Å². The van der Waals surface area contributed by atoms with Crippen LogP contribution in [0.1, 0.15) is 26.7 Å². The number of fused-ring (bicyclic) bond motifs is 1. The van der Waals surface area contributed by atoms with Crippen LogP contribution in [0.25, 0.3) is 0 Å². The van der Waals surface area contributed by atoms with Gasteiger partial charge in [-0.15, -0.1) is 16.1 Å². The van der Waals surface area contributed by atoms with Crippen molar-refractivity contribution in [1.82, 2.24) is 4.31 Å². The lowest BCUT2D eigenvalue weighted by atomic mass is 10.1. The molecule has 8 heteroatoms. The number of hydrogen-bond donors (Lipinski definition) is 1. The Hall–Kier alpha value is -2.13. The summed E-state index contributed by atoms with van der Waals surface area (Å²) >= 11 is 0.137. The number of nitrogens with zero attached hydrogens (tertiary/aromatic N) is 2. The monoisotopic (exact) mass is 460 g/mol. The molecule has 0 amide bonds. The lowest BCUT2D eigenvalue weighted by Crippen LogP contribution is -2.43. The third-order valence-electron chi connectivity index (χ3n) is 5.13. The SMILES string of the molecule is CCCN1C(CC)CN(c2ccccc2)c2cc(SC)c(O/C=C/C(=O)O)cc2[S+]1[O-]. The van der Waals surface area contributed by atoms with E-state index in [0.717, 1.165) is 54.5 Å². The van der Waals surface area contributed by atoms with Gasteiger partial charge in [-0.1, -0.05) is 32.0 Å². The summed E-state index contributed by atoms with van der Waals surface area (Å²) in [6.45, 7) is 5.67. The van der Waals surface area contributed by atoms with E-state index in [9.17, 15) is 9.35 Å². The Balaban J connectivity index is 2.16. The van der Waals surface area contributed by atoms with E-state index in [4.69, 9.17) is 9.84 Å². The van der Waals surface area contributed by atoms with Crippen LogP contribution in [0.2, 0.25) is 0 Å². The van der Waals surface area contributed by atoms with Crippen molar-refractivity contribution in [2.45, 2.75) is 42.5 Å². The highest BCUT2D eigenvalue weighted by Crippen LogP contribution is 2.43. The van der Waals surface area contributed by atoms with Crippen molar-refractivity contribution in [3.8, 4) is 5.75 Å². The minimum atomic E-state index is -1.37. The van der Waals surface area contributed by atoms with Crippen LogP contribution in [0, 0.1) is 0 Å². The van der Waals surface area contributed by atoms with Crippen molar-refractivity contribution in [1.29, 1.82) is 0 Å². The van der Waals surface area contributed by atoms with Gasteiger partial charge in [-0.25, -0.2) is 4.79 Å². The van der Waals surface area contributed by atoms with Crippen molar-refractivity contribution < 1.29 is 19.2 Å². The molecule has 1 aliphatic heterocycles. The average Bonchev–Trinajstić information content (AvgIpc) is 2.89. The van der Waals surface area contributed by atoms with Gasteiger partial charge in [-0.2, -0.15) is 0 Å². The molecule has 3 rings (SSSR count). The van der Waals surface area contributed by atoms with Crippen LogP contribution in [-0.4, -0.2) is 45.3 Å². The second-order valence-corrected chi connectivity index (χ2v) is 9.38. The summed E-state index contributed by atoms with van der Waals surface area (Å²) in [6, 6.07) is 14.0. The molecular weight excluding hydrogens is 432 g/mol. The smallest absolute Gasteiger partial charge is 0.331 e. The number of benzene rings is 2. The largest absolute Gasteiger partial charge is 0.593 e. The summed E-state index contributed by atoms with van der Waals surface area (Å²) in [6.07, 6.45) is 5.81. The van der Waals surface area contributed by atoms with Gasteiger partial charge in [0.2, 0.25) is 4.90 Å². The van der Waals surface area contributed by atoms with E-state index in [1.807, 2.05) is 30.5 Å². The van der Waals surface area contributed by atoms with Crippen LogP contribution in [0.4, 0.5) is 11.4 Å². The molecule has 2 unspecified atom stereocenters. The molecule has 0 saturated carbocycles. The third-order valence-corrected chi connectivity index (χ3v) is 7.50. The number of hydrogen-bond acceptors (Lipinski definition) is 6. The summed E-state index contributed by atoms with van der Waals surface area (Å²) in [7, 11) is 0. The highest BCUT2D eigenvalue weighted by atomic mass is 32.2. The number of rotatable bonds is 8. The Morgan fingerprint density at radius 1 is 1.32 bits per heavy atom. The zero-order chi connectivity index (χ0) is 22.4. The molecule has 2 aromatic rings. The molecule has 0 aliphatic carbocycles. The van der Waals surface area contributed by atoms with Crippen LogP contribution < -0.4 is 9.64 Å². The maximum Gasteiger partial charge on any atom is 0.331 e. The maximum atomic E-state index is 13.7. The van der Waals surface area contributed by atoms with E-state index in [1.54, 1.807) is 6.07 Å². The van der Waals surface area contributed by atoms with Crippen molar-refractivity contribution >= 4 is 40.5 Å². The van der Waals surface area contributed by atoms with Gasteiger partial charge in [0, 0.05) is 24.8 Å². The number of carbonyl (C=O) groups is 1. The van der Waals surface area contributed by atoms with E-state index in [0.29, 0.717) is 10.6 Å². The molecule has 0 bridgehead atoms. The molecular formula is C23H28N2O4S2. The van der Waals surface area contributed by atoms with Crippen LogP contribution in [0.3, 0.4) is 0 Å². The Labute approximate surface area is 191 Å². The number of thioether (sulfide) groups is 1. The number of carboxylic acid groups (broad SMARTS) is 1. The lowest BCUT2D eigenvalue weighted by Gasteiger charge is -2.30. The first kappa shape index (κ1) is 23.5. The fourth-order valence-corrected chi connectivity index (χ4v) is 5.81. The zero-order valence-corrected chi connectivity index (χ0v) is 19.6. The molecule has 2 atom stereocenters. The molecule has 166 valence electrons. The van der Waals surface area contributed by atoms with Crippen LogP contribution in [0.5, 0.6) is 5.75 Å². The average molecular weight is 461 g/mol. The molecule has 0 radical (unpaired) electrons. The van der Waals surface area contributed by atoms with Crippen LogP contribution >= 0.6 is 11.8 Å². The van der Waals surface area contributed by atoms with E-state index < -0.39 is 17.3 Å². The van der Waals surface area contributed by atoms with Crippen LogP contribution in [-0.2, 0) is 16.2 Å². The Kier molecular flexibility index (Phi) is 8.31. The summed E-state index contributed by atoms with van der Waals surface area (Å²) in [4.78, 5) is 14.6. The summed E-state index contributed by atoms with van der Waals surface area (Å²) < 4.78 is 21.4. The Bertz CT molecular complexity index is 923. The van der Waals surface area contributed by atoms with E-state index in [2.05, 4.69) is 35.2 Å². The molecule has 0 aromatic heterocycles. The van der Waals surface area contributed by atoms with Crippen LogP contribution in [0.15, 0.2) is 64.6 Å². The molecule has 0 spiro atoms. The minimum Gasteiger partial charge on any atom is -0.593 e. The Morgan fingerprint density at radius 3 is 2.68 bits per heavy atom. The van der Waals surface area contributed by atoms with E-state index >= 15 is 0 Å². The molecule has 1 heterocycles. The summed E-state index contributed by atoms with van der Waals surface area (Å²) in [5, 5.41) is 8.87. The topological polar surface area (TPSA) is 76.1 Å². The maximum absolute atomic E-state index is 13.7. The highest BCUT2D eigenvalue weighted by molar-refractivity contribution is 7.98. The number of aliphatic carboxylic acids is 1. The first-order chi connectivity index (χ1) is 15.0. The van der Waals surface area contributed by atoms with Gasteiger partial charge in [-0.05, 0) is 37.3 Å². The minimum absolute atomic E-state index is 0.127. The predicted molar refractivity (Wildman–Crippen MR) is 127 cm³/mol. The van der Waals surface area contributed by atoms with Gasteiger partial charge in [0.1, 0.15) is 11.4 Å². The molecule has 6 nitrogen and oxygen atoms in total. The van der Waals surface area contributed by atoms with Gasteiger partial charge >= 0.3 is 5.97 Å². The van der Waals surface area contributed by atoms with Gasteiger partial charge < -0.3 is 19.3 Å². The fraction of sp³-hybridized carbons (Fsp3) is 0.348. The molecule has 2 aromatic carbocycles. The van der Waals surface area contributed by atoms with E-state index in [1.165, 1.54) is 11.8 Å². The number of carboxylic acids is 1. The zero-order valence-electron chi connectivity index (χ0n) is 18.0. The molecule has 0 saturated heterocycles. The van der Waals surface area contributed by atoms with Crippen molar-refractivity contribution in [2.24, 2.45) is 0 Å². The van der Waals surface area contributed by atoms with E-state index in [-0.39, 0.29) is 6.04 Å². The summed E-state index contributed by atoms with van der Waals surface area (Å²) in [5.41, 5.74) is 1.93.